The number of amides is 1. The lowest BCUT2D eigenvalue weighted by molar-refractivity contribution is -0.117. The summed E-state index contributed by atoms with van der Waals surface area (Å²) in [5.41, 5.74) is 0.171. The molecule has 18 heavy (non-hydrogen) atoms. The van der Waals surface area contributed by atoms with Gasteiger partial charge >= 0.3 is 0 Å². The summed E-state index contributed by atoms with van der Waals surface area (Å²) in [7, 11) is 0. The fourth-order valence-corrected chi connectivity index (χ4v) is 1.15. The Hall–Kier alpha value is -1.76. The molecule has 0 bridgehead atoms. The molecule has 0 atom stereocenters. The molecule has 0 aromatic heterocycles. The van der Waals surface area contributed by atoms with Crippen LogP contribution < -0.4 is 5.32 Å². The van der Waals surface area contributed by atoms with E-state index < -0.39 is 30.5 Å². The van der Waals surface area contributed by atoms with Gasteiger partial charge in [0.1, 0.15) is 6.61 Å². The minimum atomic E-state index is -2.57. The molecule has 1 aromatic rings. The molecule has 1 amide bonds. The molecule has 0 spiro atoms. The van der Waals surface area contributed by atoms with Crippen LogP contribution in [0.5, 0.6) is 5.75 Å². The molecular formula is C11H12F3NO3. The summed E-state index contributed by atoms with van der Waals surface area (Å²) in [6.07, 6.45) is -2.69. The number of hydrogen-bond donors (Lipinski definition) is 2. The number of phenolic OH excluding ortho intramolecular Hbond substituents is 1. The lowest BCUT2D eigenvalue weighted by Gasteiger charge is -2.06. The van der Waals surface area contributed by atoms with E-state index >= 15 is 0 Å². The van der Waals surface area contributed by atoms with E-state index in [0.29, 0.717) is 0 Å². The Morgan fingerprint density at radius 3 is 2.78 bits per heavy atom. The highest BCUT2D eigenvalue weighted by Gasteiger charge is 2.07. The molecule has 0 fully saturated rings. The molecule has 0 heterocycles. The molecule has 0 saturated heterocycles. The molecule has 0 aliphatic carbocycles. The van der Waals surface area contributed by atoms with Crippen LogP contribution in [0.15, 0.2) is 18.2 Å². The molecule has 1 rings (SSSR count). The van der Waals surface area contributed by atoms with Crippen molar-refractivity contribution >= 4 is 11.6 Å². The third kappa shape index (κ3) is 5.05. The van der Waals surface area contributed by atoms with Crippen molar-refractivity contribution in [3.8, 4) is 5.75 Å². The number of halogens is 3. The Morgan fingerprint density at radius 1 is 1.44 bits per heavy atom. The summed E-state index contributed by atoms with van der Waals surface area (Å²) in [6.45, 7) is -0.863. The Kier molecular flexibility index (Phi) is 5.44. The minimum Gasteiger partial charge on any atom is -0.505 e. The van der Waals surface area contributed by atoms with E-state index in [4.69, 9.17) is 5.11 Å². The van der Waals surface area contributed by atoms with Crippen LogP contribution in [-0.4, -0.2) is 30.7 Å². The normalized spacial score (nSPS) is 10.7. The van der Waals surface area contributed by atoms with Crippen LogP contribution in [0.2, 0.25) is 0 Å². The molecule has 2 N–H and O–H groups in total. The minimum absolute atomic E-state index is 0.116. The molecular weight excluding hydrogens is 251 g/mol. The van der Waals surface area contributed by atoms with Gasteiger partial charge in [0.25, 0.3) is 6.43 Å². The van der Waals surface area contributed by atoms with Gasteiger partial charge in [0, 0.05) is 11.8 Å². The predicted molar refractivity (Wildman–Crippen MR) is 58.1 cm³/mol. The summed E-state index contributed by atoms with van der Waals surface area (Å²) in [5, 5.41) is 11.3. The highest BCUT2D eigenvalue weighted by atomic mass is 19.3. The van der Waals surface area contributed by atoms with Crippen molar-refractivity contribution in [1.82, 2.24) is 0 Å². The van der Waals surface area contributed by atoms with E-state index in [2.05, 4.69) is 10.1 Å². The second-order valence-corrected chi connectivity index (χ2v) is 3.43. The number of alkyl halides is 2. The third-order valence-corrected chi connectivity index (χ3v) is 1.95. The number of aromatic hydroxyl groups is 1. The number of nitrogens with one attached hydrogen (secondary N) is 1. The van der Waals surface area contributed by atoms with Gasteiger partial charge in [0.15, 0.2) is 11.6 Å². The van der Waals surface area contributed by atoms with Gasteiger partial charge in [-0.15, -0.1) is 0 Å². The number of benzene rings is 1. The number of carbonyl (C=O) groups excluding carboxylic acids is 1. The summed E-state index contributed by atoms with van der Waals surface area (Å²) >= 11 is 0. The van der Waals surface area contributed by atoms with Crippen molar-refractivity contribution in [3.63, 3.8) is 0 Å². The van der Waals surface area contributed by atoms with Crippen molar-refractivity contribution < 1.29 is 27.8 Å². The van der Waals surface area contributed by atoms with Gasteiger partial charge in [0.05, 0.1) is 13.0 Å². The fraction of sp³-hybridized carbons (Fsp3) is 0.364. The molecule has 0 radical (unpaired) electrons. The predicted octanol–water partition coefficient (Wildman–Crippen LogP) is 2.14. The standard InChI is InChI=1S/C11H12F3NO3/c12-8-5-7(1-2-9(8)16)15-11(17)3-4-18-6-10(13)14/h1-2,5,10,16H,3-4,6H2,(H,15,17). The van der Waals surface area contributed by atoms with Gasteiger partial charge in [-0.25, -0.2) is 13.2 Å². The first-order chi connectivity index (χ1) is 8.49. The first kappa shape index (κ1) is 14.3. The average Bonchev–Trinajstić information content (AvgIpc) is 2.29. The van der Waals surface area contributed by atoms with E-state index in [1.165, 1.54) is 6.07 Å². The van der Waals surface area contributed by atoms with Crippen LogP contribution in [0, 0.1) is 5.82 Å². The van der Waals surface area contributed by atoms with Gasteiger partial charge in [0.2, 0.25) is 5.91 Å². The van der Waals surface area contributed by atoms with Crippen molar-refractivity contribution in [1.29, 1.82) is 0 Å². The molecule has 4 nitrogen and oxygen atoms in total. The average molecular weight is 263 g/mol. The van der Waals surface area contributed by atoms with E-state index in [1.54, 1.807) is 0 Å². The first-order valence-corrected chi connectivity index (χ1v) is 5.13. The van der Waals surface area contributed by atoms with E-state index in [-0.39, 0.29) is 18.7 Å². The quantitative estimate of drug-likeness (QED) is 0.610. The van der Waals surface area contributed by atoms with E-state index in [9.17, 15) is 18.0 Å². The van der Waals surface area contributed by atoms with E-state index in [1.807, 2.05) is 0 Å². The third-order valence-electron chi connectivity index (χ3n) is 1.95. The number of phenols is 1. The van der Waals surface area contributed by atoms with Crippen molar-refractivity contribution in [2.75, 3.05) is 18.5 Å². The molecule has 0 saturated carbocycles. The largest absolute Gasteiger partial charge is 0.505 e. The number of carbonyl (C=O) groups is 1. The summed E-state index contributed by atoms with van der Waals surface area (Å²) in [6, 6.07) is 3.36. The van der Waals surface area contributed by atoms with Crippen LogP contribution in [-0.2, 0) is 9.53 Å². The summed E-state index contributed by atoms with van der Waals surface area (Å²) in [4.78, 5) is 11.3. The summed E-state index contributed by atoms with van der Waals surface area (Å²) < 4.78 is 40.8. The lowest BCUT2D eigenvalue weighted by Crippen LogP contribution is -2.15. The molecule has 1 aromatic carbocycles. The van der Waals surface area contributed by atoms with Crippen molar-refractivity contribution in [3.05, 3.63) is 24.0 Å². The smallest absolute Gasteiger partial charge is 0.261 e. The van der Waals surface area contributed by atoms with Gasteiger partial charge in [-0.3, -0.25) is 4.79 Å². The maximum atomic E-state index is 12.9. The van der Waals surface area contributed by atoms with Crippen LogP contribution in [0.1, 0.15) is 6.42 Å². The second kappa shape index (κ2) is 6.85. The van der Waals surface area contributed by atoms with Crippen LogP contribution in [0.4, 0.5) is 18.9 Å². The molecule has 0 aliphatic heterocycles. The van der Waals surface area contributed by atoms with Gasteiger partial charge in [-0.1, -0.05) is 0 Å². The number of anilines is 1. The van der Waals surface area contributed by atoms with Crippen molar-refractivity contribution in [2.45, 2.75) is 12.8 Å². The topological polar surface area (TPSA) is 58.6 Å². The molecule has 0 unspecified atom stereocenters. The number of ether oxygens (including phenoxy) is 1. The zero-order chi connectivity index (χ0) is 13.5. The Labute approximate surface area is 101 Å². The van der Waals surface area contributed by atoms with Gasteiger partial charge in [-0.05, 0) is 12.1 Å². The van der Waals surface area contributed by atoms with Gasteiger partial charge in [-0.2, -0.15) is 0 Å². The lowest BCUT2D eigenvalue weighted by atomic mass is 10.3. The molecule has 100 valence electrons. The Balaban J connectivity index is 2.33. The molecule has 0 aliphatic rings. The fourth-order valence-electron chi connectivity index (χ4n) is 1.15. The number of rotatable bonds is 6. The van der Waals surface area contributed by atoms with Crippen LogP contribution >= 0.6 is 0 Å². The van der Waals surface area contributed by atoms with Gasteiger partial charge < -0.3 is 15.2 Å². The summed E-state index contributed by atoms with van der Waals surface area (Å²) in [5.74, 6) is -1.87. The number of hydrogen-bond acceptors (Lipinski definition) is 3. The Bertz CT molecular complexity index is 413. The highest BCUT2D eigenvalue weighted by molar-refractivity contribution is 5.90. The maximum absolute atomic E-state index is 12.9. The SMILES string of the molecule is O=C(CCOCC(F)F)Nc1ccc(O)c(F)c1. The highest BCUT2D eigenvalue weighted by Crippen LogP contribution is 2.19. The zero-order valence-electron chi connectivity index (χ0n) is 9.33. The van der Waals surface area contributed by atoms with Crippen LogP contribution in [0.25, 0.3) is 0 Å². The van der Waals surface area contributed by atoms with Crippen molar-refractivity contribution in [2.24, 2.45) is 0 Å². The monoisotopic (exact) mass is 263 g/mol. The Morgan fingerprint density at radius 2 is 2.17 bits per heavy atom. The maximum Gasteiger partial charge on any atom is 0.261 e. The second-order valence-electron chi connectivity index (χ2n) is 3.43. The van der Waals surface area contributed by atoms with E-state index in [0.717, 1.165) is 12.1 Å². The zero-order valence-corrected chi connectivity index (χ0v) is 9.33. The first-order valence-electron chi connectivity index (χ1n) is 5.13. The van der Waals surface area contributed by atoms with Crippen LogP contribution in [0.3, 0.4) is 0 Å². The molecule has 7 heteroatoms.